The molecule has 0 spiro atoms. The number of carbonyl (C=O) groups is 2. The molecule has 138 valence electrons. The zero-order valence-corrected chi connectivity index (χ0v) is 15.3. The Morgan fingerprint density at radius 3 is 2.81 bits per heavy atom. The Hall–Kier alpha value is -3.17. The van der Waals surface area contributed by atoms with Crippen LogP contribution >= 0.6 is 0 Å². The SMILES string of the molecule is Cc1ccccc1[C@@H]1[C@@H](C(=O)NCc2cccc(C#N)c2)OCC(=O)N1C. The second-order valence-corrected chi connectivity index (χ2v) is 6.57. The fourth-order valence-corrected chi connectivity index (χ4v) is 3.26. The number of ether oxygens (including phenoxy) is 1. The van der Waals surface area contributed by atoms with Crippen LogP contribution in [0.4, 0.5) is 0 Å². The van der Waals surface area contributed by atoms with Gasteiger partial charge in [-0.05, 0) is 35.7 Å². The summed E-state index contributed by atoms with van der Waals surface area (Å²) in [4.78, 5) is 26.6. The van der Waals surface area contributed by atoms with Gasteiger partial charge in [-0.1, -0.05) is 36.4 Å². The third-order valence-corrected chi connectivity index (χ3v) is 4.77. The van der Waals surface area contributed by atoms with E-state index in [1.807, 2.05) is 37.3 Å². The molecule has 0 saturated carbocycles. The van der Waals surface area contributed by atoms with E-state index >= 15 is 0 Å². The lowest BCUT2D eigenvalue weighted by Crippen LogP contribution is -2.53. The highest BCUT2D eigenvalue weighted by Gasteiger charge is 2.40. The van der Waals surface area contributed by atoms with Crippen molar-refractivity contribution in [2.75, 3.05) is 13.7 Å². The highest BCUT2D eigenvalue weighted by Crippen LogP contribution is 2.31. The van der Waals surface area contributed by atoms with Crippen LogP contribution < -0.4 is 5.32 Å². The monoisotopic (exact) mass is 363 g/mol. The first-order valence-corrected chi connectivity index (χ1v) is 8.71. The molecule has 1 N–H and O–H groups in total. The van der Waals surface area contributed by atoms with Gasteiger partial charge in [-0.2, -0.15) is 5.26 Å². The van der Waals surface area contributed by atoms with Gasteiger partial charge in [0.05, 0.1) is 17.7 Å². The van der Waals surface area contributed by atoms with Crippen LogP contribution in [0.3, 0.4) is 0 Å². The van der Waals surface area contributed by atoms with E-state index in [4.69, 9.17) is 10.00 Å². The number of amides is 2. The third-order valence-electron chi connectivity index (χ3n) is 4.77. The van der Waals surface area contributed by atoms with E-state index in [-0.39, 0.29) is 25.0 Å². The molecule has 1 fully saturated rings. The molecule has 2 amide bonds. The number of hydrogen-bond acceptors (Lipinski definition) is 4. The van der Waals surface area contributed by atoms with Gasteiger partial charge in [-0.25, -0.2) is 0 Å². The lowest BCUT2D eigenvalue weighted by molar-refractivity contribution is -0.162. The van der Waals surface area contributed by atoms with Gasteiger partial charge in [0.1, 0.15) is 6.61 Å². The maximum absolute atomic E-state index is 12.8. The topological polar surface area (TPSA) is 82.4 Å². The molecular formula is C21H21N3O3. The summed E-state index contributed by atoms with van der Waals surface area (Å²) in [6, 6.07) is 16.3. The molecule has 2 aromatic carbocycles. The maximum Gasteiger partial charge on any atom is 0.251 e. The third kappa shape index (κ3) is 3.99. The Balaban J connectivity index is 1.80. The van der Waals surface area contributed by atoms with Gasteiger partial charge >= 0.3 is 0 Å². The summed E-state index contributed by atoms with van der Waals surface area (Å²) in [5.41, 5.74) is 3.25. The van der Waals surface area contributed by atoms with Crippen molar-refractivity contribution in [3.05, 3.63) is 70.8 Å². The molecule has 6 nitrogen and oxygen atoms in total. The minimum atomic E-state index is -0.798. The number of aryl methyl sites for hydroxylation is 1. The van der Waals surface area contributed by atoms with E-state index in [2.05, 4.69) is 11.4 Å². The number of nitriles is 1. The molecule has 1 aliphatic heterocycles. The van der Waals surface area contributed by atoms with Gasteiger partial charge in [-0.15, -0.1) is 0 Å². The van der Waals surface area contributed by atoms with Gasteiger partial charge < -0.3 is 15.0 Å². The predicted octanol–water partition coefficient (Wildman–Crippen LogP) is 2.08. The van der Waals surface area contributed by atoms with Gasteiger partial charge in [-0.3, -0.25) is 9.59 Å². The smallest absolute Gasteiger partial charge is 0.251 e. The van der Waals surface area contributed by atoms with Crippen molar-refractivity contribution in [3.63, 3.8) is 0 Å². The zero-order chi connectivity index (χ0) is 19.4. The quantitative estimate of drug-likeness (QED) is 0.902. The summed E-state index contributed by atoms with van der Waals surface area (Å²) in [6.45, 7) is 2.11. The molecule has 1 heterocycles. The van der Waals surface area contributed by atoms with E-state index in [1.54, 1.807) is 30.1 Å². The fraction of sp³-hybridized carbons (Fsp3) is 0.286. The Labute approximate surface area is 158 Å². The number of carbonyl (C=O) groups excluding carboxylic acids is 2. The Morgan fingerprint density at radius 1 is 1.30 bits per heavy atom. The van der Waals surface area contributed by atoms with Gasteiger partial charge in [0.2, 0.25) is 5.91 Å². The molecule has 0 radical (unpaired) electrons. The van der Waals surface area contributed by atoms with Gasteiger partial charge in [0.15, 0.2) is 6.10 Å². The molecule has 1 saturated heterocycles. The van der Waals surface area contributed by atoms with Crippen molar-refractivity contribution in [3.8, 4) is 6.07 Å². The summed E-state index contributed by atoms with van der Waals surface area (Å²) >= 11 is 0. The number of nitrogens with one attached hydrogen (secondary N) is 1. The van der Waals surface area contributed by atoms with Crippen molar-refractivity contribution in [1.29, 1.82) is 5.26 Å². The molecule has 27 heavy (non-hydrogen) atoms. The molecule has 0 aromatic heterocycles. The standard InChI is InChI=1S/C21H21N3O3/c1-14-6-3-4-9-17(14)19-20(27-13-18(25)24(19)2)21(26)23-12-16-8-5-7-15(10-16)11-22/h3-10,19-20H,12-13H2,1-2H3,(H,23,26)/t19-,20+/m1/s1. The van der Waals surface area contributed by atoms with E-state index < -0.39 is 12.1 Å². The fourth-order valence-electron chi connectivity index (χ4n) is 3.26. The number of likely N-dealkylation sites (N-methyl/N-ethyl adjacent to an activating group) is 1. The number of hydrogen-bond donors (Lipinski definition) is 1. The number of morpholine rings is 1. The van der Waals surface area contributed by atoms with Crippen LogP contribution in [-0.4, -0.2) is 36.5 Å². The summed E-state index contributed by atoms with van der Waals surface area (Å²) in [5.74, 6) is -0.445. The molecule has 6 heteroatoms. The van der Waals surface area contributed by atoms with Crippen molar-refractivity contribution in [2.24, 2.45) is 0 Å². The summed E-state index contributed by atoms with van der Waals surface area (Å²) in [7, 11) is 1.69. The minimum absolute atomic E-state index is 0.124. The molecule has 0 bridgehead atoms. The maximum atomic E-state index is 12.8. The van der Waals surface area contributed by atoms with Crippen LogP contribution in [0.25, 0.3) is 0 Å². The van der Waals surface area contributed by atoms with E-state index in [0.29, 0.717) is 5.56 Å². The number of nitrogens with zero attached hydrogens (tertiary/aromatic N) is 2. The lowest BCUT2D eigenvalue weighted by Gasteiger charge is -2.38. The zero-order valence-electron chi connectivity index (χ0n) is 15.3. The van der Waals surface area contributed by atoms with E-state index in [9.17, 15) is 9.59 Å². The van der Waals surface area contributed by atoms with Crippen molar-refractivity contribution >= 4 is 11.8 Å². The molecule has 2 aromatic rings. The normalized spacial score (nSPS) is 19.4. The summed E-state index contributed by atoms with van der Waals surface area (Å²) in [6.07, 6.45) is -0.798. The van der Waals surface area contributed by atoms with Gasteiger partial charge in [0, 0.05) is 13.6 Å². The minimum Gasteiger partial charge on any atom is -0.356 e. The second kappa shape index (κ2) is 8.02. The first kappa shape index (κ1) is 18.6. The number of rotatable bonds is 4. The van der Waals surface area contributed by atoms with Crippen molar-refractivity contribution in [2.45, 2.75) is 25.6 Å². The molecule has 2 atom stereocenters. The van der Waals surface area contributed by atoms with E-state index in [1.165, 1.54) is 0 Å². The second-order valence-electron chi connectivity index (χ2n) is 6.57. The first-order chi connectivity index (χ1) is 13.0. The van der Waals surface area contributed by atoms with Crippen LogP contribution in [0.5, 0.6) is 0 Å². The average molecular weight is 363 g/mol. The summed E-state index contributed by atoms with van der Waals surface area (Å²) < 4.78 is 5.62. The molecule has 0 unspecified atom stereocenters. The number of benzene rings is 2. The highest BCUT2D eigenvalue weighted by molar-refractivity contribution is 5.86. The van der Waals surface area contributed by atoms with Crippen LogP contribution in [0.2, 0.25) is 0 Å². The van der Waals surface area contributed by atoms with Crippen molar-refractivity contribution < 1.29 is 14.3 Å². The molecular weight excluding hydrogens is 342 g/mol. The average Bonchev–Trinajstić information content (AvgIpc) is 2.69. The Kier molecular flexibility index (Phi) is 5.53. The highest BCUT2D eigenvalue weighted by atomic mass is 16.5. The molecule has 1 aliphatic rings. The van der Waals surface area contributed by atoms with Crippen LogP contribution in [0.1, 0.15) is 28.3 Å². The Morgan fingerprint density at radius 2 is 2.07 bits per heavy atom. The van der Waals surface area contributed by atoms with E-state index in [0.717, 1.165) is 16.7 Å². The Bertz CT molecular complexity index is 904. The largest absolute Gasteiger partial charge is 0.356 e. The van der Waals surface area contributed by atoms with Crippen LogP contribution in [0.15, 0.2) is 48.5 Å². The van der Waals surface area contributed by atoms with Crippen LogP contribution in [0, 0.1) is 18.3 Å². The molecule has 3 rings (SSSR count). The van der Waals surface area contributed by atoms with Crippen LogP contribution in [-0.2, 0) is 20.9 Å². The summed E-state index contributed by atoms with van der Waals surface area (Å²) in [5, 5.41) is 11.9. The van der Waals surface area contributed by atoms with Gasteiger partial charge in [0.25, 0.3) is 5.91 Å². The molecule has 0 aliphatic carbocycles. The predicted molar refractivity (Wildman–Crippen MR) is 99.4 cm³/mol. The first-order valence-electron chi connectivity index (χ1n) is 8.71. The van der Waals surface area contributed by atoms with Crippen molar-refractivity contribution in [1.82, 2.24) is 10.2 Å². The lowest BCUT2D eigenvalue weighted by atomic mass is 9.94.